The van der Waals surface area contributed by atoms with E-state index in [9.17, 15) is 9.13 Å². The van der Waals surface area contributed by atoms with Gasteiger partial charge < -0.3 is 18.1 Å². The molecule has 0 amide bonds. The second-order valence-electron chi connectivity index (χ2n) is 8.01. The quantitative estimate of drug-likeness (QED) is 0.108. The maximum atomic E-state index is 14.7. The number of hydrogen-bond acceptors (Lipinski definition) is 6. The number of rotatable bonds is 12. The zero-order valence-electron chi connectivity index (χ0n) is 21.0. The summed E-state index contributed by atoms with van der Waals surface area (Å²) in [4.78, 5) is 0. The molecule has 0 aliphatic heterocycles. The van der Waals surface area contributed by atoms with Gasteiger partial charge in [-0.05, 0) is 55.0 Å². The third-order valence-corrected chi connectivity index (χ3v) is 10.7. The number of hydrogen-bond donors (Lipinski definition) is 0. The van der Waals surface area contributed by atoms with Crippen molar-refractivity contribution in [3.05, 3.63) is 121 Å². The van der Waals surface area contributed by atoms with Gasteiger partial charge in [-0.15, -0.1) is 0 Å². The summed E-state index contributed by atoms with van der Waals surface area (Å²) in [7, 11) is 1.23. The molecule has 0 bridgehead atoms. The molecule has 0 aliphatic carbocycles. The molecule has 0 aromatic heterocycles. The van der Waals surface area contributed by atoms with Crippen LogP contribution in [-0.2, 0) is 25.1 Å². The Morgan fingerprint density at radius 3 is 1.00 bits per heavy atom. The molecular weight excluding hydrogens is 672 g/mol. The number of para-hydroxylation sites is 4. The van der Waals surface area contributed by atoms with Gasteiger partial charge in [0, 0.05) is 0 Å². The fraction of sp³-hybridized carbons (Fsp3) is 0.143. The van der Waals surface area contributed by atoms with E-state index in [-0.39, 0.29) is 22.4 Å². The average molecular weight is 700 g/mol. The molecule has 0 N–H and O–H groups in total. The topological polar surface area (TPSA) is 71.1 Å². The van der Waals surface area contributed by atoms with Gasteiger partial charge in [-0.3, -0.25) is 0 Å². The zero-order valence-corrected chi connectivity index (χ0v) is 25.8. The van der Waals surface area contributed by atoms with Crippen molar-refractivity contribution in [2.24, 2.45) is 0 Å². The van der Waals surface area contributed by atoms with E-state index >= 15 is 0 Å². The van der Waals surface area contributed by atoms with E-state index in [1.807, 2.05) is 31.2 Å². The standard InChI is InChI=1S/C28H28O6P2.2ClH.Pd/c1-2-15-28(35(29,31-24-16-7-3-8-17-24)32-25-18-9-4-10-19-25)36(30,33-26-20-11-5-12-21-26)34-27-22-13-6-14-23-27;;;/h3-14,16-23,28H,2,15H2,1H3;2*1H;/q;;;+2/p-2. The van der Waals surface area contributed by atoms with E-state index in [0.29, 0.717) is 29.4 Å². The first-order chi connectivity index (χ1) is 18.9. The molecule has 210 valence electrons. The SMILES string of the molecule is CCCC(P(=O)(Oc1ccccc1)Oc1ccccc1)P(=O)(Oc1ccccc1)Oc1ccccc1.[Cl][Pd][Cl]. The molecule has 4 rings (SSSR count). The van der Waals surface area contributed by atoms with Crippen LogP contribution in [0.2, 0.25) is 0 Å². The molecule has 0 fully saturated rings. The normalized spacial score (nSPS) is 11.3. The van der Waals surface area contributed by atoms with Crippen LogP contribution in [0.1, 0.15) is 19.8 Å². The fourth-order valence-corrected chi connectivity index (χ4v) is 8.87. The van der Waals surface area contributed by atoms with Crippen LogP contribution in [0.3, 0.4) is 0 Å². The third-order valence-electron chi connectivity index (χ3n) is 5.18. The predicted octanol–water partition coefficient (Wildman–Crippen LogP) is 10.2. The van der Waals surface area contributed by atoms with Gasteiger partial charge in [0.2, 0.25) is 5.40 Å². The molecule has 0 saturated heterocycles. The molecule has 4 aromatic rings. The predicted molar refractivity (Wildman–Crippen MR) is 154 cm³/mol. The van der Waals surface area contributed by atoms with E-state index < -0.39 is 20.6 Å². The second kappa shape index (κ2) is 16.1. The van der Waals surface area contributed by atoms with Crippen LogP contribution < -0.4 is 18.1 Å². The minimum atomic E-state index is -4.20. The Labute approximate surface area is 245 Å². The molecule has 6 nitrogen and oxygen atoms in total. The summed E-state index contributed by atoms with van der Waals surface area (Å²) in [5.74, 6) is 1.29. The Kier molecular flexibility index (Phi) is 13.0. The maximum absolute atomic E-state index is 14.7. The first kappa shape index (κ1) is 31.3. The number of halogens is 2. The van der Waals surface area contributed by atoms with Crippen molar-refractivity contribution >= 4 is 34.2 Å². The fourth-order valence-electron chi connectivity index (χ4n) is 3.54. The van der Waals surface area contributed by atoms with Gasteiger partial charge >= 0.3 is 50.2 Å². The van der Waals surface area contributed by atoms with Crippen molar-refractivity contribution in [1.29, 1.82) is 0 Å². The molecule has 0 spiro atoms. The molecule has 39 heavy (non-hydrogen) atoms. The Balaban J connectivity index is 0.00000134. The molecule has 0 saturated carbocycles. The average Bonchev–Trinajstić information content (AvgIpc) is 2.94. The summed E-state index contributed by atoms with van der Waals surface area (Å²) in [6.07, 6.45) is 0.735. The first-order valence-electron chi connectivity index (χ1n) is 11.9. The van der Waals surface area contributed by atoms with E-state index in [2.05, 4.69) is 0 Å². The summed E-state index contributed by atoms with van der Waals surface area (Å²) < 4.78 is 53.6. The Hall–Kier alpha value is -2.22. The van der Waals surface area contributed by atoms with E-state index in [4.69, 9.17) is 37.2 Å². The van der Waals surface area contributed by atoms with Crippen LogP contribution in [-0.4, -0.2) is 5.40 Å². The van der Waals surface area contributed by atoms with E-state index in [1.54, 1.807) is 97.1 Å². The van der Waals surface area contributed by atoms with Gasteiger partial charge in [0.15, 0.2) is 0 Å². The molecule has 0 atom stereocenters. The summed E-state index contributed by atoms with van der Waals surface area (Å²) in [6, 6.07) is 34.7. The Morgan fingerprint density at radius 1 is 0.564 bits per heavy atom. The summed E-state index contributed by atoms with van der Waals surface area (Å²) in [5.41, 5.74) is 0. The monoisotopic (exact) mass is 698 g/mol. The van der Waals surface area contributed by atoms with Gasteiger partial charge in [0.05, 0.1) is 0 Å². The third kappa shape index (κ3) is 9.73. The van der Waals surface area contributed by atoms with Crippen molar-refractivity contribution in [1.82, 2.24) is 0 Å². The van der Waals surface area contributed by atoms with Crippen molar-refractivity contribution in [2.45, 2.75) is 25.2 Å². The van der Waals surface area contributed by atoms with Crippen LogP contribution >= 0.6 is 34.2 Å². The molecular formula is C28H28Cl2O6P2Pd. The summed E-state index contributed by atoms with van der Waals surface area (Å²) in [5, 5.41) is -1.23. The van der Waals surface area contributed by atoms with Gasteiger partial charge in [-0.25, -0.2) is 9.13 Å². The van der Waals surface area contributed by atoms with E-state index in [0.717, 1.165) is 0 Å². The van der Waals surface area contributed by atoms with Crippen LogP contribution in [0.25, 0.3) is 0 Å². The first-order valence-corrected chi connectivity index (χ1v) is 19.2. The van der Waals surface area contributed by atoms with Crippen LogP contribution in [0.4, 0.5) is 0 Å². The number of benzene rings is 4. The van der Waals surface area contributed by atoms with Crippen molar-refractivity contribution < 1.29 is 43.2 Å². The van der Waals surface area contributed by atoms with Crippen molar-refractivity contribution in [3.63, 3.8) is 0 Å². The van der Waals surface area contributed by atoms with Gasteiger partial charge in [0.1, 0.15) is 23.0 Å². The van der Waals surface area contributed by atoms with Crippen molar-refractivity contribution in [3.8, 4) is 23.0 Å². The summed E-state index contributed by atoms with van der Waals surface area (Å²) in [6.45, 7) is 1.90. The molecule has 0 heterocycles. The van der Waals surface area contributed by atoms with Crippen LogP contribution in [0.5, 0.6) is 23.0 Å². The van der Waals surface area contributed by atoms with Gasteiger partial charge in [-0.1, -0.05) is 86.1 Å². The zero-order chi connectivity index (χ0) is 28.0. The van der Waals surface area contributed by atoms with Crippen molar-refractivity contribution in [2.75, 3.05) is 0 Å². The molecule has 0 aliphatic rings. The molecule has 11 heteroatoms. The Bertz CT molecular complexity index is 1140. The summed E-state index contributed by atoms with van der Waals surface area (Å²) >= 11 is -0.106. The second-order valence-corrected chi connectivity index (χ2v) is 14.9. The van der Waals surface area contributed by atoms with Gasteiger partial charge in [-0.2, -0.15) is 0 Å². The van der Waals surface area contributed by atoms with Crippen LogP contribution in [0, 0.1) is 0 Å². The molecule has 0 unspecified atom stereocenters. The van der Waals surface area contributed by atoms with Crippen LogP contribution in [0.15, 0.2) is 121 Å². The van der Waals surface area contributed by atoms with E-state index in [1.165, 1.54) is 0 Å². The minimum absolute atomic E-state index is 0.106. The Morgan fingerprint density at radius 2 is 0.795 bits per heavy atom. The molecule has 0 radical (unpaired) electrons. The van der Waals surface area contributed by atoms with Gasteiger partial charge in [0.25, 0.3) is 0 Å². The molecule has 4 aromatic carbocycles.